The van der Waals surface area contributed by atoms with Gasteiger partial charge in [-0.25, -0.2) is 9.67 Å². The summed E-state index contributed by atoms with van der Waals surface area (Å²) in [5, 5.41) is 18.9. The Hall–Kier alpha value is -4.10. The number of hydrogen-bond donors (Lipinski definition) is 3. The number of pyridine rings is 1. The normalized spacial score (nSPS) is 18.0. The van der Waals surface area contributed by atoms with Crippen LogP contribution in [0, 0.1) is 6.92 Å². The summed E-state index contributed by atoms with van der Waals surface area (Å²) in [5.41, 5.74) is 3.35. The lowest BCUT2D eigenvalue weighted by atomic mass is 10.2. The lowest BCUT2D eigenvalue weighted by molar-refractivity contribution is -0.0672. The second-order valence-electron chi connectivity index (χ2n) is 9.69. The van der Waals surface area contributed by atoms with E-state index in [-0.39, 0.29) is 18.1 Å². The summed E-state index contributed by atoms with van der Waals surface area (Å²) in [6.07, 6.45) is 7.23. The van der Waals surface area contributed by atoms with E-state index < -0.39 is 0 Å². The van der Waals surface area contributed by atoms with E-state index in [4.69, 9.17) is 4.74 Å². The molecule has 1 fully saturated rings. The van der Waals surface area contributed by atoms with Crippen molar-refractivity contribution in [3.63, 3.8) is 0 Å². The maximum absolute atomic E-state index is 12.9. The summed E-state index contributed by atoms with van der Waals surface area (Å²) in [6, 6.07) is 1.79. The third-order valence-electron chi connectivity index (χ3n) is 6.35. The van der Waals surface area contributed by atoms with Gasteiger partial charge in [0.25, 0.3) is 5.91 Å². The van der Waals surface area contributed by atoms with Crippen molar-refractivity contribution in [3.8, 4) is 0 Å². The van der Waals surface area contributed by atoms with Crippen LogP contribution in [0.3, 0.4) is 0 Å². The quantitative estimate of drug-likeness (QED) is 0.317. The van der Waals surface area contributed by atoms with E-state index in [1.807, 2.05) is 27.2 Å². The van der Waals surface area contributed by atoms with Crippen LogP contribution < -0.4 is 16.0 Å². The van der Waals surface area contributed by atoms with E-state index in [0.29, 0.717) is 35.2 Å². The van der Waals surface area contributed by atoms with E-state index in [2.05, 4.69) is 59.8 Å². The van der Waals surface area contributed by atoms with Crippen molar-refractivity contribution in [2.45, 2.75) is 33.0 Å². The lowest BCUT2D eigenvalue weighted by Crippen LogP contribution is -2.47. The van der Waals surface area contributed by atoms with E-state index >= 15 is 0 Å². The minimum absolute atomic E-state index is 0.171. The van der Waals surface area contributed by atoms with Crippen LogP contribution in [-0.4, -0.2) is 83.7 Å². The van der Waals surface area contributed by atoms with E-state index in [1.54, 1.807) is 34.0 Å². The first kappa shape index (κ1) is 25.5. The minimum Gasteiger partial charge on any atom is -0.373 e. The maximum Gasteiger partial charge on any atom is 0.252 e. The highest BCUT2D eigenvalue weighted by Crippen LogP contribution is 2.27. The molecule has 0 radical (unpaired) electrons. The molecule has 1 aliphatic heterocycles. The Labute approximate surface area is 220 Å². The minimum atomic E-state index is -0.171. The molecule has 0 unspecified atom stereocenters. The first-order valence-electron chi connectivity index (χ1n) is 12.6. The van der Waals surface area contributed by atoms with Gasteiger partial charge in [0.15, 0.2) is 11.5 Å². The van der Waals surface area contributed by atoms with E-state index in [9.17, 15) is 4.79 Å². The Balaban J connectivity index is 1.26. The first-order valence-corrected chi connectivity index (χ1v) is 12.6. The van der Waals surface area contributed by atoms with Crippen LogP contribution in [0.1, 0.15) is 29.9 Å². The van der Waals surface area contributed by atoms with Crippen molar-refractivity contribution in [1.29, 1.82) is 0 Å². The zero-order valence-electron chi connectivity index (χ0n) is 22.3. The van der Waals surface area contributed by atoms with Gasteiger partial charge in [-0.15, -0.1) is 0 Å². The van der Waals surface area contributed by atoms with Gasteiger partial charge in [-0.1, -0.05) is 0 Å². The number of anilines is 4. The van der Waals surface area contributed by atoms with Crippen molar-refractivity contribution in [2.75, 3.05) is 36.8 Å². The molecule has 13 nitrogen and oxygen atoms in total. The standard InChI is InChI=1S/C25H33N11O2/c1-15-12-36(13-16(2)38-15)7-6-26-24(37)18-8-21(17(3)27-9-18)31-22-20-11-28-25(32-23(20)35(5)33-22)30-19-10-29-34(4)14-19/h8-11,14-16H,6-7,12-13H2,1-5H3,(H,26,37)(H,31,33)(H,28,30,32)/t15-,16+. The molecule has 0 aromatic carbocycles. The van der Waals surface area contributed by atoms with Crippen LogP contribution in [0.4, 0.5) is 23.1 Å². The van der Waals surface area contributed by atoms with Gasteiger partial charge in [-0.3, -0.25) is 19.4 Å². The number of amides is 1. The van der Waals surface area contributed by atoms with Crippen molar-refractivity contribution in [3.05, 3.63) is 42.1 Å². The summed E-state index contributed by atoms with van der Waals surface area (Å²) < 4.78 is 9.16. The number of nitrogens with zero attached hydrogens (tertiary/aromatic N) is 8. The molecule has 1 saturated heterocycles. The Morgan fingerprint density at radius 2 is 1.89 bits per heavy atom. The molecule has 0 saturated carbocycles. The predicted molar refractivity (Wildman–Crippen MR) is 144 cm³/mol. The Morgan fingerprint density at radius 3 is 2.63 bits per heavy atom. The highest BCUT2D eigenvalue weighted by atomic mass is 16.5. The molecule has 4 aromatic rings. The first-order chi connectivity index (χ1) is 18.2. The van der Waals surface area contributed by atoms with Gasteiger partial charge in [0, 0.05) is 58.9 Å². The van der Waals surface area contributed by atoms with Crippen LogP contribution in [0.2, 0.25) is 0 Å². The molecule has 5 rings (SSSR count). The molecule has 3 N–H and O–H groups in total. The number of fused-ring (bicyclic) bond motifs is 1. The fraction of sp³-hybridized carbons (Fsp3) is 0.440. The van der Waals surface area contributed by atoms with Crippen LogP contribution in [0.25, 0.3) is 11.0 Å². The molecule has 5 heterocycles. The van der Waals surface area contributed by atoms with Gasteiger partial charge < -0.3 is 20.7 Å². The average molecular weight is 520 g/mol. The van der Waals surface area contributed by atoms with Gasteiger partial charge in [-0.2, -0.15) is 15.2 Å². The smallest absolute Gasteiger partial charge is 0.252 e. The molecule has 0 aliphatic carbocycles. The van der Waals surface area contributed by atoms with Crippen molar-refractivity contribution in [1.82, 2.24) is 44.7 Å². The number of morpholine rings is 1. The highest BCUT2D eigenvalue weighted by molar-refractivity contribution is 5.96. The monoisotopic (exact) mass is 519 g/mol. The summed E-state index contributed by atoms with van der Waals surface area (Å²) in [4.78, 5) is 28.6. The predicted octanol–water partition coefficient (Wildman–Crippen LogP) is 2.13. The number of nitrogens with one attached hydrogen (secondary N) is 3. The zero-order chi connectivity index (χ0) is 26.8. The summed E-state index contributed by atoms with van der Waals surface area (Å²) in [5.74, 6) is 0.848. The average Bonchev–Trinajstić information content (AvgIpc) is 3.41. The number of ether oxygens (including phenoxy) is 1. The largest absolute Gasteiger partial charge is 0.373 e. The van der Waals surface area contributed by atoms with Crippen molar-refractivity contribution >= 4 is 40.1 Å². The second-order valence-corrected chi connectivity index (χ2v) is 9.69. The number of aromatic nitrogens is 7. The molecule has 4 aromatic heterocycles. The highest BCUT2D eigenvalue weighted by Gasteiger charge is 2.22. The second kappa shape index (κ2) is 10.7. The SMILES string of the molecule is Cc1ncc(C(=O)NCCN2C[C@@H](C)O[C@@H](C)C2)cc1Nc1nn(C)c2nc(Nc3cnn(C)c3)ncc12. The summed E-state index contributed by atoms with van der Waals surface area (Å²) >= 11 is 0. The number of carbonyl (C=O) groups excluding carboxylic acids is 1. The molecule has 1 amide bonds. The summed E-state index contributed by atoms with van der Waals surface area (Å²) in [6.45, 7) is 9.07. The Morgan fingerprint density at radius 1 is 1.11 bits per heavy atom. The Bertz CT molecular complexity index is 1440. The fourth-order valence-electron chi connectivity index (χ4n) is 4.61. The lowest BCUT2D eigenvalue weighted by Gasteiger charge is -2.35. The number of aryl methyl sites for hydroxylation is 3. The number of hydrogen-bond acceptors (Lipinski definition) is 10. The van der Waals surface area contributed by atoms with Gasteiger partial charge in [0.1, 0.15) is 0 Å². The van der Waals surface area contributed by atoms with Crippen LogP contribution in [0.15, 0.2) is 30.9 Å². The molecule has 13 heteroatoms. The Kier molecular flexibility index (Phi) is 7.20. The molecule has 0 bridgehead atoms. The van der Waals surface area contributed by atoms with Crippen LogP contribution in [0.5, 0.6) is 0 Å². The van der Waals surface area contributed by atoms with E-state index in [1.165, 1.54) is 0 Å². The van der Waals surface area contributed by atoms with Crippen LogP contribution >= 0.6 is 0 Å². The third kappa shape index (κ3) is 5.73. The van der Waals surface area contributed by atoms with Crippen molar-refractivity contribution < 1.29 is 9.53 Å². The molecular formula is C25H33N11O2. The fourth-order valence-corrected chi connectivity index (χ4v) is 4.61. The number of rotatable bonds is 8. The zero-order valence-corrected chi connectivity index (χ0v) is 22.3. The van der Waals surface area contributed by atoms with Gasteiger partial charge >= 0.3 is 0 Å². The molecule has 2 atom stereocenters. The summed E-state index contributed by atoms with van der Waals surface area (Å²) in [7, 11) is 3.66. The van der Waals surface area contributed by atoms with E-state index in [0.717, 1.165) is 36.4 Å². The maximum atomic E-state index is 12.9. The van der Waals surface area contributed by atoms with Crippen molar-refractivity contribution in [2.24, 2.45) is 14.1 Å². The number of carbonyl (C=O) groups is 1. The van der Waals surface area contributed by atoms with Gasteiger partial charge in [-0.05, 0) is 26.8 Å². The topological polar surface area (TPSA) is 140 Å². The molecule has 38 heavy (non-hydrogen) atoms. The third-order valence-corrected chi connectivity index (χ3v) is 6.35. The van der Waals surface area contributed by atoms with Crippen LogP contribution in [-0.2, 0) is 18.8 Å². The van der Waals surface area contributed by atoms with Gasteiger partial charge in [0.05, 0.1) is 46.4 Å². The molecule has 0 spiro atoms. The molecule has 1 aliphatic rings. The molecule has 200 valence electrons. The molecular weight excluding hydrogens is 486 g/mol. The van der Waals surface area contributed by atoms with Gasteiger partial charge in [0.2, 0.25) is 5.95 Å².